The predicted molar refractivity (Wildman–Crippen MR) is 104 cm³/mol. The third-order valence-electron chi connectivity index (χ3n) is 4.71. The monoisotopic (exact) mass is 347 g/mol. The molecule has 1 fully saturated rings. The smallest absolute Gasteiger partial charge is 0.191 e. The second-order valence-electron chi connectivity index (χ2n) is 7.09. The zero-order chi connectivity index (χ0) is 18.1. The van der Waals surface area contributed by atoms with Crippen LogP contribution < -0.4 is 15.4 Å². The van der Waals surface area contributed by atoms with E-state index in [2.05, 4.69) is 43.5 Å². The number of benzene rings is 1. The fourth-order valence-corrected chi connectivity index (χ4v) is 3.12. The van der Waals surface area contributed by atoms with E-state index in [0.717, 1.165) is 57.4 Å². The number of nitrogens with one attached hydrogen (secondary N) is 2. The fraction of sp³-hybridized carbons (Fsp3) is 0.650. The minimum absolute atomic E-state index is 0.0324. The molecule has 140 valence electrons. The zero-order valence-electron chi connectivity index (χ0n) is 16.1. The van der Waals surface area contributed by atoms with Gasteiger partial charge >= 0.3 is 0 Å². The van der Waals surface area contributed by atoms with E-state index in [1.54, 1.807) is 7.11 Å². The van der Waals surface area contributed by atoms with Crippen molar-refractivity contribution in [2.45, 2.75) is 39.0 Å². The summed E-state index contributed by atoms with van der Waals surface area (Å²) < 4.78 is 10.9. The van der Waals surface area contributed by atoms with Gasteiger partial charge in [-0.1, -0.05) is 26.0 Å². The summed E-state index contributed by atoms with van der Waals surface area (Å²) in [4.78, 5) is 4.91. The molecule has 0 aliphatic carbocycles. The summed E-state index contributed by atoms with van der Waals surface area (Å²) in [6.45, 7) is 10.6. The van der Waals surface area contributed by atoms with Crippen LogP contribution in [0.25, 0.3) is 0 Å². The molecule has 0 radical (unpaired) electrons. The van der Waals surface area contributed by atoms with Crippen molar-refractivity contribution in [1.29, 1.82) is 0 Å². The molecule has 25 heavy (non-hydrogen) atoms. The van der Waals surface area contributed by atoms with Gasteiger partial charge in [0.1, 0.15) is 5.75 Å². The topological polar surface area (TPSA) is 54.9 Å². The third-order valence-corrected chi connectivity index (χ3v) is 4.71. The SMILES string of the molecule is CCNC(=NCC1(c2ccc(OC)cc2)CCOCC1)NCC(C)C. The van der Waals surface area contributed by atoms with Crippen molar-refractivity contribution >= 4 is 5.96 Å². The Bertz CT molecular complexity index is 534. The summed E-state index contributed by atoms with van der Waals surface area (Å²) in [5.74, 6) is 2.37. The number of guanidine groups is 1. The summed E-state index contributed by atoms with van der Waals surface area (Å²) in [5, 5.41) is 6.79. The summed E-state index contributed by atoms with van der Waals surface area (Å²) in [7, 11) is 1.70. The molecule has 0 aromatic heterocycles. The first-order valence-corrected chi connectivity index (χ1v) is 9.34. The van der Waals surface area contributed by atoms with Crippen molar-refractivity contribution in [2.75, 3.05) is 40.0 Å². The highest BCUT2D eigenvalue weighted by molar-refractivity contribution is 5.79. The maximum absolute atomic E-state index is 5.62. The summed E-state index contributed by atoms with van der Waals surface area (Å²) >= 11 is 0. The van der Waals surface area contributed by atoms with Gasteiger partial charge in [0.05, 0.1) is 13.7 Å². The standard InChI is InChI=1S/C20H33N3O2/c1-5-21-19(22-14-16(2)3)23-15-20(10-12-25-13-11-20)17-6-8-18(24-4)9-7-17/h6-9,16H,5,10-15H2,1-4H3,(H2,21,22,23). The second kappa shape index (κ2) is 9.66. The first-order chi connectivity index (χ1) is 12.1. The van der Waals surface area contributed by atoms with Crippen molar-refractivity contribution in [3.8, 4) is 5.75 Å². The first-order valence-electron chi connectivity index (χ1n) is 9.34. The van der Waals surface area contributed by atoms with Gasteiger partial charge in [0.2, 0.25) is 0 Å². The Balaban J connectivity index is 2.18. The molecular formula is C20H33N3O2. The summed E-state index contributed by atoms with van der Waals surface area (Å²) in [5.41, 5.74) is 1.35. The number of ether oxygens (including phenoxy) is 2. The fourth-order valence-electron chi connectivity index (χ4n) is 3.12. The Morgan fingerprint density at radius 1 is 1.20 bits per heavy atom. The Morgan fingerprint density at radius 2 is 1.88 bits per heavy atom. The van der Waals surface area contributed by atoms with E-state index in [1.165, 1.54) is 5.56 Å². The van der Waals surface area contributed by atoms with Crippen LogP contribution in [0.5, 0.6) is 5.75 Å². The van der Waals surface area contributed by atoms with Crippen LogP contribution in [0.1, 0.15) is 39.2 Å². The van der Waals surface area contributed by atoms with E-state index in [0.29, 0.717) is 5.92 Å². The average Bonchev–Trinajstić information content (AvgIpc) is 2.64. The molecule has 2 rings (SSSR count). The molecule has 5 heteroatoms. The number of methoxy groups -OCH3 is 1. The first kappa shape index (κ1) is 19.6. The van der Waals surface area contributed by atoms with Crippen molar-refractivity contribution in [3.63, 3.8) is 0 Å². The lowest BCUT2D eigenvalue weighted by molar-refractivity contribution is 0.0531. The van der Waals surface area contributed by atoms with Gasteiger partial charge in [0, 0.05) is 31.7 Å². The quantitative estimate of drug-likeness (QED) is 0.588. The maximum Gasteiger partial charge on any atom is 0.191 e. The Labute approximate surface area is 152 Å². The van der Waals surface area contributed by atoms with E-state index in [9.17, 15) is 0 Å². The lowest BCUT2D eigenvalue weighted by Gasteiger charge is -2.36. The molecule has 1 aromatic rings. The van der Waals surface area contributed by atoms with Crippen molar-refractivity contribution in [2.24, 2.45) is 10.9 Å². The number of aliphatic imine (C=N–C) groups is 1. The average molecular weight is 348 g/mol. The third kappa shape index (κ3) is 5.63. The normalized spacial score (nSPS) is 17.4. The molecular weight excluding hydrogens is 314 g/mol. The largest absolute Gasteiger partial charge is 0.497 e. The van der Waals surface area contributed by atoms with Gasteiger partial charge in [0.25, 0.3) is 0 Å². The highest BCUT2D eigenvalue weighted by Gasteiger charge is 2.34. The Hall–Kier alpha value is -1.75. The van der Waals surface area contributed by atoms with E-state index in [4.69, 9.17) is 14.5 Å². The van der Waals surface area contributed by atoms with Crippen molar-refractivity contribution in [1.82, 2.24) is 10.6 Å². The number of nitrogens with zero attached hydrogens (tertiary/aromatic N) is 1. The summed E-state index contributed by atoms with van der Waals surface area (Å²) in [6, 6.07) is 8.43. The number of hydrogen-bond donors (Lipinski definition) is 2. The maximum atomic E-state index is 5.62. The van der Waals surface area contributed by atoms with Crippen molar-refractivity contribution < 1.29 is 9.47 Å². The molecule has 0 unspecified atom stereocenters. The Morgan fingerprint density at radius 3 is 2.44 bits per heavy atom. The van der Waals surface area contributed by atoms with Gasteiger partial charge < -0.3 is 20.1 Å². The van der Waals surface area contributed by atoms with E-state index < -0.39 is 0 Å². The molecule has 1 saturated heterocycles. The number of hydrogen-bond acceptors (Lipinski definition) is 3. The lowest BCUT2D eigenvalue weighted by Crippen LogP contribution is -2.42. The Kier molecular flexibility index (Phi) is 7.56. The molecule has 5 nitrogen and oxygen atoms in total. The number of rotatable bonds is 7. The highest BCUT2D eigenvalue weighted by atomic mass is 16.5. The van der Waals surface area contributed by atoms with Gasteiger partial charge in [0.15, 0.2) is 5.96 Å². The van der Waals surface area contributed by atoms with Crippen LogP contribution in [0.3, 0.4) is 0 Å². The van der Waals surface area contributed by atoms with Crippen LogP contribution >= 0.6 is 0 Å². The molecule has 0 saturated carbocycles. The van der Waals surface area contributed by atoms with Crippen LogP contribution in [0.2, 0.25) is 0 Å². The van der Waals surface area contributed by atoms with Crippen LogP contribution in [0.15, 0.2) is 29.3 Å². The molecule has 0 atom stereocenters. The molecule has 0 bridgehead atoms. The lowest BCUT2D eigenvalue weighted by atomic mass is 9.74. The van der Waals surface area contributed by atoms with Gasteiger partial charge in [-0.15, -0.1) is 0 Å². The van der Waals surface area contributed by atoms with Gasteiger partial charge in [-0.05, 0) is 43.4 Å². The minimum Gasteiger partial charge on any atom is -0.497 e. The van der Waals surface area contributed by atoms with E-state index >= 15 is 0 Å². The molecule has 1 aliphatic rings. The van der Waals surface area contributed by atoms with Crippen LogP contribution in [-0.2, 0) is 10.2 Å². The van der Waals surface area contributed by atoms with E-state index in [-0.39, 0.29) is 5.41 Å². The van der Waals surface area contributed by atoms with Crippen LogP contribution in [-0.4, -0.2) is 45.9 Å². The molecule has 1 aromatic carbocycles. The van der Waals surface area contributed by atoms with Crippen LogP contribution in [0, 0.1) is 5.92 Å². The molecule has 0 spiro atoms. The van der Waals surface area contributed by atoms with Crippen molar-refractivity contribution in [3.05, 3.63) is 29.8 Å². The highest BCUT2D eigenvalue weighted by Crippen LogP contribution is 2.36. The molecule has 1 aliphatic heterocycles. The van der Waals surface area contributed by atoms with Gasteiger partial charge in [-0.3, -0.25) is 4.99 Å². The molecule has 2 N–H and O–H groups in total. The zero-order valence-corrected chi connectivity index (χ0v) is 16.1. The minimum atomic E-state index is 0.0324. The molecule has 0 amide bonds. The van der Waals surface area contributed by atoms with Gasteiger partial charge in [-0.25, -0.2) is 0 Å². The predicted octanol–water partition coefficient (Wildman–Crippen LogP) is 2.95. The summed E-state index contributed by atoms with van der Waals surface area (Å²) in [6.07, 6.45) is 1.98. The molecule has 1 heterocycles. The van der Waals surface area contributed by atoms with Gasteiger partial charge in [-0.2, -0.15) is 0 Å². The second-order valence-corrected chi connectivity index (χ2v) is 7.09. The van der Waals surface area contributed by atoms with Crippen LogP contribution in [0.4, 0.5) is 0 Å². The van der Waals surface area contributed by atoms with E-state index in [1.807, 2.05) is 12.1 Å².